The lowest BCUT2D eigenvalue weighted by molar-refractivity contribution is 0.723. The summed E-state index contributed by atoms with van der Waals surface area (Å²) in [5.41, 5.74) is 10.3. The van der Waals surface area contributed by atoms with E-state index in [4.69, 9.17) is 5.73 Å². The SMILES string of the molecule is CCc1ccc(CC(N)c2ccc3ccccc3c2)cc1. The van der Waals surface area contributed by atoms with Crippen LogP contribution in [0, 0.1) is 0 Å². The summed E-state index contributed by atoms with van der Waals surface area (Å²) in [4.78, 5) is 0. The molecule has 0 radical (unpaired) electrons. The lowest BCUT2D eigenvalue weighted by Crippen LogP contribution is -2.13. The van der Waals surface area contributed by atoms with Gasteiger partial charge in [-0.25, -0.2) is 0 Å². The molecule has 3 aromatic carbocycles. The van der Waals surface area contributed by atoms with Crippen molar-refractivity contribution in [2.45, 2.75) is 25.8 Å². The van der Waals surface area contributed by atoms with Gasteiger partial charge in [-0.3, -0.25) is 0 Å². The van der Waals surface area contributed by atoms with Gasteiger partial charge in [-0.05, 0) is 46.4 Å². The molecule has 1 nitrogen and oxygen atoms in total. The summed E-state index contributed by atoms with van der Waals surface area (Å²) in [6.45, 7) is 2.18. The molecule has 21 heavy (non-hydrogen) atoms. The lowest BCUT2D eigenvalue weighted by Gasteiger charge is -2.13. The van der Waals surface area contributed by atoms with Crippen LogP contribution >= 0.6 is 0 Å². The van der Waals surface area contributed by atoms with E-state index in [9.17, 15) is 0 Å². The zero-order valence-electron chi connectivity index (χ0n) is 12.4. The van der Waals surface area contributed by atoms with Crippen LogP contribution < -0.4 is 5.73 Å². The second-order valence-electron chi connectivity index (χ2n) is 5.59. The molecule has 3 aromatic rings. The minimum Gasteiger partial charge on any atom is -0.324 e. The quantitative estimate of drug-likeness (QED) is 0.737. The molecule has 2 N–H and O–H groups in total. The van der Waals surface area contributed by atoms with Crippen molar-refractivity contribution in [1.29, 1.82) is 0 Å². The predicted molar refractivity (Wildman–Crippen MR) is 90.4 cm³/mol. The Kier molecular flexibility index (Phi) is 4.03. The molecule has 0 aromatic heterocycles. The second kappa shape index (κ2) is 6.11. The predicted octanol–water partition coefficient (Wildman–Crippen LogP) is 4.64. The van der Waals surface area contributed by atoms with E-state index in [0.29, 0.717) is 0 Å². The molecule has 106 valence electrons. The molecule has 0 saturated carbocycles. The number of rotatable bonds is 4. The van der Waals surface area contributed by atoms with Crippen LogP contribution in [0.4, 0.5) is 0 Å². The van der Waals surface area contributed by atoms with E-state index in [2.05, 4.69) is 73.7 Å². The van der Waals surface area contributed by atoms with Gasteiger partial charge in [0.25, 0.3) is 0 Å². The summed E-state index contributed by atoms with van der Waals surface area (Å²) >= 11 is 0. The molecule has 1 atom stereocenters. The zero-order valence-corrected chi connectivity index (χ0v) is 12.4. The topological polar surface area (TPSA) is 26.0 Å². The fraction of sp³-hybridized carbons (Fsp3) is 0.200. The zero-order chi connectivity index (χ0) is 14.7. The fourth-order valence-corrected chi connectivity index (χ4v) is 2.72. The van der Waals surface area contributed by atoms with E-state index in [1.807, 2.05) is 0 Å². The van der Waals surface area contributed by atoms with Crippen molar-refractivity contribution in [2.24, 2.45) is 5.73 Å². The van der Waals surface area contributed by atoms with Crippen molar-refractivity contribution in [3.8, 4) is 0 Å². The van der Waals surface area contributed by atoms with Gasteiger partial charge in [0.15, 0.2) is 0 Å². The molecular formula is C20H21N. The molecule has 3 rings (SSSR count). The summed E-state index contributed by atoms with van der Waals surface area (Å²) in [6.07, 6.45) is 1.96. The monoisotopic (exact) mass is 275 g/mol. The highest BCUT2D eigenvalue weighted by Gasteiger charge is 2.08. The number of benzene rings is 3. The number of fused-ring (bicyclic) bond motifs is 1. The van der Waals surface area contributed by atoms with E-state index < -0.39 is 0 Å². The van der Waals surface area contributed by atoms with Gasteiger partial charge in [-0.1, -0.05) is 67.6 Å². The maximum absolute atomic E-state index is 6.39. The van der Waals surface area contributed by atoms with Crippen LogP contribution in [0.1, 0.15) is 29.7 Å². The summed E-state index contributed by atoms with van der Waals surface area (Å²) < 4.78 is 0. The Hall–Kier alpha value is -2.12. The van der Waals surface area contributed by atoms with Crippen molar-refractivity contribution in [3.63, 3.8) is 0 Å². The minimum atomic E-state index is 0.0436. The highest BCUT2D eigenvalue weighted by atomic mass is 14.6. The Morgan fingerprint density at radius 1 is 0.810 bits per heavy atom. The second-order valence-corrected chi connectivity index (χ2v) is 5.59. The fourth-order valence-electron chi connectivity index (χ4n) is 2.72. The van der Waals surface area contributed by atoms with Gasteiger partial charge >= 0.3 is 0 Å². The maximum atomic E-state index is 6.39. The van der Waals surface area contributed by atoms with Gasteiger partial charge in [-0.2, -0.15) is 0 Å². The van der Waals surface area contributed by atoms with Gasteiger partial charge in [0.2, 0.25) is 0 Å². The van der Waals surface area contributed by atoms with E-state index in [1.54, 1.807) is 0 Å². The van der Waals surface area contributed by atoms with Crippen LogP contribution in [0.5, 0.6) is 0 Å². The van der Waals surface area contributed by atoms with Crippen molar-refractivity contribution in [2.75, 3.05) is 0 Å². The molecule has 1 unspecified atom stereocenters. The molecule has 0 aliphatic heterocycles. The summed E-state index contributed by atoms with van der Waals surface area (Å²) in [7, 11) is 0. The third kappa shape index (κ3) is 3.14. The Morgan fingerprint density at radius 3 is 2.19 bits per heavy atom. The molecular weight excluding hydrogens is 254 g/mol. The van der Waals surface area contributed by atoms with Crippen LogP contribution in [0.2, 0.25) is 0 Å². The van der Waals surface area contributed by atoms with Crippen molar-refractivity contribution < 1.29 is 0 Å². The highest BCUT2D eigenvalue weighted by Crippen LogP contribution is 2.22. The van der Waals surface area contributed by atoms with Crippen molar-refractivity contribution in [1.82, 2.24) is 0 Å². The molecule has 0 amide bonds. The van der Waals surface area contributed by atoms with E-state index in [0.717, 1.165) is 12.8 Å². The summed E-state index contributed by atoms with van der Waals surface area (Å²) in [6, 6.07) is 23.7. The van der Waals surface area contributed by atoms with Crippen molar-refractivity contribution in [3.05, 3.63) is 83.4 Å². The average Bonchev–Trinajstić information content (AvgIpc) is 2.55. The first-order chi connectivity index (χ1) is 10.3. The third-order valence-electron chi connectivity index (χ3n) is 4.09. The molecule has 0 aliphatic rings. The molecule has 0 aliphatic carbocycles. The molecule has 0 spiro atoms. The van der Waals surface area contributed by atoms with E-state index in [-0.39, 0.29) is 6.04 Å². The van der Waals surface area contributed by atoms with Gasteiger partial charge in [0.05, 0.1) is 0 Å². The Morgan fingerprint density at radius 2 is 1.48 bits per heavy atom. The largest absolute Gasteiger partial charge is 0.324 e. The van der Waals surface area contributed by atoms with E-state index in [1.165, 1.54) is 27.5 Å². The Labute approximate surface area is 126 Å². The number of hydrogen-bond acceptors (Lipinski definition) is 1. The van der Waals surface area contributed by atoms with Gasteiger partial charge in [0, 0.05) is 6.04 Å². The smallest absolute Gasteiger partial charge is 0.0335 e. The Balaban J connectivity index is 1.80. The lowest BCUT2D eigenvalue weighted by atomic mass is 9.96. The summed E-state index contributed by atoms with van der Waals surface area (Å²) in [5, 5.41) is 2.52. The number of hydrogen-bond donors (Lipinski definition) is 1. The molecule has 0 fully saturated rings. The van der Waals surface area contributed by atoms with Crippen LogP contribution in [0.3, 0.4) is 0 Å². The third-order valence-corrected chi connectivity index (χ3v) is 4.09. The van der Waals surface area contributed by atoms with Crippen molar-refractivity contribution >= 4 is 10.8 Å². The molecule has 0 saturated heterocycles. The highest BCUT2D eigenvalue weighted by molar-refractivity contribution is 5.83. The normalized spacial score (nSPS) is 12.5. The molecule has 1 heteroatoms. The van der Waals surface area contributed by atoms with Crippen LogP contribution in [0.25, 0.3) is 10.8 Å². The Bertz CT molecular complexity index is 728. The standard InChI is InChI=1S/C20H21N/c1-2-15-7-9-16(10-8-15)13-20(21)19-12-11-17-5-3-4-6-18(17)14-19/h3-12,14,20H,2,13,21H2,1H3. The minimum absolute atomic E-state index is 0.0436. The van der Waals surface area contributed by atoms with Crippen LogP contribution in [0.15, 0.2) is 66.7 Å². The summed E-state index contributed by atoms with van der Waals surface area (Å²) in [5.74, 6) is 0. The maximum Gasteiger partial charge on any atom is 0.0335 e. The number of aryl methyl sites for hydroxylation is 1. The first kappa shape index (κ1) is 13.8. The van der Waals surface area contributed by atoms with Gasteiger partial charge < -0.3 is 5.73 Å². The van der Waals surface area contributed by atoms with E-state index >= 15 is 0 Å². The van der Waals surface area contributed by atoms with Crippen LogP contribution in [-0.4, -0.2) is 0 Å². The molecule has 0 heterocycles. The van der Waals surface area contributed by atoms with Gasteiger partial charge in [-0.15, -0.1) is 0 Å². The average molecular weight is 275 g/mol. The van der Waals surface area contributed by atoms with Gasteiger partial charge in [0.1, 0.15) is 0 Å². The first-order valence-electron chi connectivity index (χ1n) is 7.58. The van der Waals surface area contributed by atoms with Crippen LogP contribution in [-0.2, 0) is 12.8 Å². The first-order valence-corrected chi connectivity index (χ1v) is 7.58. The number of nitrogens with two attached hydrogens (primary N) is 1. The molecule has 0 bridgehead atoms.